The van der Waals surface area contributed by atoms with Gasteiger partial charge in [-0.15, -0.1) is 0 Å². The molecule has 176 valence electrons. The van der Waals surface area contributed by atoms with Gasteiger partial charge < -0.3 is 19.7 Å². The minimum absolute atomic E-state index is 0.122. The minimum atomic E-state index is -0.289. The standard InChI is InChI=1S/C27H30N4O3/c1-18-13-20(30-25-23(34-3)15-28-17-29-25)14-22-24(18)26(32)31(27(22)11-5-4-6-12-27)16-19-7-9-21(33-2)10-8-19/h7-10,13-15,17H,4-6,11-12,16H2,1-3H3,(H,28,29,30). The van der Waals surface area contributed by atoms with Crippen LogP contribution in [0.1, 0.15) is 59.2 Å². The molecule has 0 atom stereocenters. The van der Waals surface area contributed by atoms with Crippen molar-refractivity contribution in [3.63, 3.8) is 0 Å². The lowest BCUT2D eigenvalue weighted by Gasteiger charge is -2.42. The van der Waals surface area contributed by atoms with E-state index in [1.165, 1.54) is 12.7 Å². The molecule has 7 nitrogen and oxygen atoms in total. The summed E-state index contributed by atoms with van der Waals surface area (Å²) < 4.78 is 10.7. The zero-order valence-electron chi connectivity index (χ0n) is 19.9. The first-order valence-corrected chi connectivity index (χ1v) is 11.8. The number of aryl methyl sites for hydroxylation is 1. The second-order valence-corrected chi connectivity index (χ2v) is 9.11. The Labute approximate surface area is 200 Å². The Morgan fingerprint density at radius 3 is 2.53 bits per heavy atom. The third kappa shape index (κ3) is 3.75. The van der Waals surface area contributed by atoms with Gasteiger partial charge in [0, 0.05) is 17.8 Å². The first-order valence-electron chi connectivity index (χ1n) is 11.8. The van der Waals surface area contributed by atoms with E-state index in [4.69, 9.17) is 9.47 Å². The molecule has 0 radical (unpaired) electrons. The smallest absolute Gasteiger partial charge is 0.255 e. The van der Waals surface area contributed by atoms with Crippen LogP contribution in [0.2, 0.25) is 0 Å². The number of anilines is 2. The van der Waals surface area contributed by atoms with Gasteiger partial charge in [-0.3, -0.25) is 4.79 Å². The van der Waals surface area contributed by atoms with Crippen LogP contribution >= 0.6 is 0 Å². The lowest BCUT2D eigenvalue weighted by atomic mass is 9.76. The number of hydrogen-bond acceptors (Lipinski definition) is 6. The van der Waals surface area contributed by atoms with E-state index in [-0.39, 0.29) is 11.4 Å². The Hall–Kier alpha value is -3.61. The van der Waals surface area contributed by atoms with Gasteiger partial charge in [0.1, 0.15) is 12.1 Å². The molecule has 5 rings (SSSR count). The summed E-state index contributed by atoms with van der Waals surface area (Å²) in [6.45, 7) is 2.60. The van der Waals surface area contributed by atoms with Crippen LogP contribution < -0.4 is 14.8 Å². The number of hydrogen-bond donors (Lipinski definition) is 1. The van der Waals surface area contributed by atoms with E-state index < -0.39 is 0 Å². The molecule has 2 aromatic carbocycles. The largest absolute Gasteiger partial charge is 0.497 e. The lowest BCUT2D eigenvalue weighted by Crippen LogP contribution is -2.44. The predicted molar refractivity (Wildman–Crippen MR) is 131 cm³/mol. The van der Waals surface area contributed by atoms with Crippen LogP contribution in [-0.4, -0.2) is 35.0 Å². The van der Waals surface area contributed by atoms with Gasteiger partial charge in [-0.2, -0.15) is 0 Å². The number of rotatable bonds is 6. The van der Waals surface area contributed by atoms with Gasteiger partial charge in [0.2, 0.25) is 0 Å². The van der Waals surface area contributed by atoms with E-state index >= 15 is 0 Å². The van der Waals surface area contributed by atoms with Crippen molar-refractivity contribution in [2.75, 3.05) is 19.5 Å². The molecule has 3 aromatic rings. The maximum absolute atomic E-state index is 13.8. The summed E-state index contributed by atoms with van der Waals surface area (Å²) >= 11 is 0. The first-order chi connectivity index (χ1) is 16.6. The number of amides is 1. The van der Waals surface area contributed by atoms with E-state index in [2.05, 4.69) is 26.3 Å². The van der Waals surface area contributed by atoms with Crippen molar-refractivity contribution in [3.05, 3.63) is 71.2 Å². The molecule has 1 spiro atoms. The van der Waals surface area contributed by atoms with Gasteiger partial charge in [0.15, 0.2) is 11.6 Å². The fraction of sp³-hybridized carbons (Fsp3) is 0.370. The highest BCUT2D eigenvalue weighted by Gasteiger charge is 2.50. The molecule has 0 saturated heterocycles. The molecular formula is C27H30N4O3. The highest BCUT2D eigenvalue weighted by atomic mass is 16.5. The van der Waals surface area contributed by atoms with Gasteiger partial charge in [-0.1, -0.05) is 31.4 Å². The number of carbonyl (C=O) groups is 1. The molecule has 2 aliphatic rings. The topological polar surface area (TPSA) is 76.6 Å². The molecule has 1 N–H and O–H groups in total. The Morgan fingerprint density at radius 1 is 1.06 bits per heavy atom. The van der Waals surface area contributed by atoms with Crippen LogP contribution in [0.25, 0.3) is 0 Å². The summed E-state index contributed by atoms with van der Waals surface area (Å²) in [5, 5.41) is 3.39. The summed E-state index contributed by atoms with van der Waals surface area (Å²) in [7, 11) is 3.27. The molecule has 0 bridgehead atoms. The Bertz CT molecular complexity index is 1200. The maximum Gasteiger partial charge on any atom is 0.255 e. The van der Waals surface area contributed by atoms with Crippen molar-refractivity contribution in [3.8, 4) is 11.5 Å². The van der Waals surface area contributed by atoms with Crippen molar-refractivity contribution in [2.24, 2.45) is 0 Å². The summed E-state index contributed by atoms with van der Waals surface area (Å²) in [5.74, 6) is 2.12. The van der Waals surface area contributed by atoms with Gasteiger partial charge in [-0.05, 0) is 60.7 Å². The van der Waals surface area contributed by atoms with Crippen LogP contribution in [0.3, 0.4) is 0 Å². The molecule has 0 unspecified atom stereocenters. The first kappa shape index (κ1) is 22.2. The third-order valence-corrected chi connectivity index (χ3v) is 7.15. The van der Waals surface area contributed by atoms with Crippen LogP contribution in [-0.2, 0) is 12.1 Å². The summed E-state index contributed by atoms with van der Waals surface area (Å²) in [6.07, 6.45) is 8.51. The average Bonchev–Trinajstić information content (AvgIpc) is 3.08. The number of nitrogens with zero attached hydrogens (tertiary/aromatic N) is 3. The fourth-order valence-corrected chi connectivity index (χ4v) is 5.49. The molecule has 1 aliphatic heterocycles. The molecule has 2 heterocycles. The fourth-order valence-electron chi connectivity index (χ4n) is 5.49. The van der Waals surface area contributed by atoms with Crippen molar-refractivity contribution < 1.29 is 14.3 Å². The number of fused-ring (bicyclic) bond motifs is 2. The number of benzene rings is 2. The number of methoxy groups -OCH3 is 2. The van der Waals surface area contributed by atoms with E-state index in [0.29, 0.717) is 18.1 Å². The van der Waals surface area contributed by atoms with Crippen LogP contribution in [0.4, 0.5) is 11.5 Å². The second-order valence-electron chi connectivity index (χ2n) is 9.11. The van der Waals surface area contributed by atoms with Crippen molar-refractivity contribution in [2.45, 2.75) is 51.1 Å². The Balaban J connectivity index is 1.55. The van der Waals surface area contributed by atoms with Gasteiger partial charge in [-0.25, -0.2) is 9.97 Å². The van der Waals surface area contributed by atoms with Crippen LogP contribution in [0, 0.1) is 6.92 Å². The van der Waals surface area contributed by atoms with Crippen molar-refractivity contribution >= 4 is 17.4 Å². The quantitative estimate of drug-likeness (QED) is 0.536. The Kier molecular flexibility index (Phi) is 5.86. The zero-order valence-corrected chi connectivity index (χ0v) is 19.9. The molecule has 7 heteroatoms. The molecular weight excluding hydrogens is 428 g/mol. The highest BCUT2D eigenvalue weighted by Crippen LogP contribution is 2.51. The highest BCUT2D eigenvalue weighted by molar-refractivity contribution is 6.02. The summed E-state index contributed by atoms with van der Waals surface area (Å²) in [5.41, 5.74) is 4.66. The SMILES string of the molecule is COc1ccc(CN2C(=O)c3c(C)cc(Nc4ncncc4OC)cc3C23CCCCC3)cc1. The second kappa shape index (κ2) is 8.97. The van der Waals surface area contributed by atoms with Gasteiger partial charge >= 0.3 is 0 Å². The number of carbonyl (C=O) groups excluding carboxylic acids is 1. The normalized spacial score (nSPS) is 16.4. The van der Waals surface area contributed by atoms with E-state index in [1.807, 2.05) is 37.3 Å². The third-order valence-electron chi connectivity index (χ3n) is 7.15. The molecule has 1 aromatic heterocycles. The monoisotopic (exact) mass is 458 g/mol. The molecule has 1 aliphatic carbocycles. The Morgan fingerprint density at radius 2 is 1.82 bits per heavy atom. The molecule has 34 heavy (non-hydrogen) atoms. The van der Waals surface area contributed by atoms with Gasteiger partial charge in [0.25, 0.3) is 5.91 Å². The number of aromatic nitrogens is 2. The minimum Gasteiger partial charge on any atom is -0.497 e. The van der Waals surface area contributed by atoms with Crippen molar-refractivity contribution in [1.82, 2.24) is 14.9 Å². The predicted octanol–water partition coefficient (Wildman–Crippen LogP) is 5.36. The lowest BCUT2D eigenvalue weighted by molar-refractivity contribution is 0.0387. The number of ether oxygens (including phenoxy) is 2. The summed E-state index contributed by atoms with van der Waals surface area (Å²) in [4.78, 5) is 24.3. The average molecular weight is 459 g/mol. The van der Waals surface area contributed by atoms with Crippen molar-refractivity contribution in [1.29, 1.82) is 0 Å². The number of nitrogens with one attached hydrogen (secondary N) is 1. The van der Waals surface area contributed by atoms with Crippen LogP contribution in [0.5, 0.6) is 11.5 Å². The molecule has 1 fully saturated rings. The van der Waals surface area contributed by atoms with E-state index in [0.717, 1.165) is 59.4 Å². The summed E-state index contributed by atoms with van der Waals surface area (Å²) in [6, 6.07) is 12.2. The maximum atomic E-state index is 13.8. The van der Waals surface area contributed by atoms with E-state index in [9.17, 15) is 4.79 Å². The van der Waals surface area contributed by atoms with Crippen LogP contribution in [0.15, 0.2) is 48.9 Å². The van der Waals surface area contributed by atoms with E-state index in [1.54, 1.807) is 20.4 Å². The molecule has 1 saturated carbocycles. The molecule has 1 amide bonds. The van der Waals surface area contributed by atoms with Gasteiger partial charge in [0.05, 0.1) is 26.0 Å². The zero-order chi connectivity index (χ0) is 23.7.